The molecule has 2 rings (SSSR count). The van der Waals surface area contributed by atoms with E-state index < -0.39 is 0 Å². The lowest BCUT2D eigenvalue weighted by atomic mass is 10.1. The highest BCUT2D eigenvalue weighted by Gasteiger charge is 2.25. The van der Waals surface area contributed by atoms with Gasteiger partial charge < -0.3 is 14.5 Å². The van der Waals surface area contributed by atoms with Gasteiger partial charge in [0.15, 0.2) is 5.82 Å². The first kappa shape index (κ1) is 11.5. The van der Waals surface area contributed by atoms with E-state index in [0.717, 1.165) is 25.3 Å². The van der Waals surface area contributed by atoms with Crippen molar-refractivity contribution in [3.8, 4) is 0 Å². The maximum Gasteiger partial charge on any atom is 0.252 e. The van der Waals surface area contributed by atoms with E-state index in [0.29, 0.717) is 17.9 Å². The number of aliphatic hydroxyl groups excluding tert-OH is 1. The van der Waals surface area contributed by atoms with Gasteiger partial charge in [-0.3, -0.25) is 0 Å². The normalized spacial score (nSPS) is 22.1. The summed E-state index contributed by atoms with van der Waals surface area (Å²) in [6.07, 6.45) is 2.05. The van der Waals surface area contributed by atoms with Crippen LogP contribution in [0.5, 0.6) is 0 Å². The quantitative estimate of drug-likeness (QED) is 0.822. The molecule has 0 aliphatic carbocycles. The van der Waals surface area contributed by atoms with Gasteiger partial charge >= 0.3 is 0 Å². The van der Waals surface area contributed by atoms with Crippen LogP contribution < -0.4 is 0 Å². The zero-order valence-corrected chi connectivity index (χ0v) is 9.89. The highest BCUT2D eigenvalue weighted by atomic mass is 16.5. The highest BCUT2D eigenvalue weighted by Crippen LogP contribution is 2.21. The molecule has 1 saturated heterocycles. The summed E-state index contributed by atoms with van der Waals surface area (Å²) in [5, 5.41) is 12.7. The molecule has 90 valence electrons. The Morgan fingerprint density at radius 2 is 2.38 bits per heavy atom. The van der Waals surface area contributed by atoms with Crippen LogP contribution in [0.1, 0.15) is 32.0 Å². The second-order valence-corrected chi connectivity index (χ2v) is 4.71. The van der Waals surface area contributed by atoms with Gasteiger partial charge in [-0.2, -0.15) is 4.98 Å². The second-order valence-electron chi connectivity index (χ2n) is 4.71. The number of hydrogen-bond donors (Lipinski definition) is 1. The summed E-state index contributed by atoms with van der Waals surface area (Å²) in [5.41, 5.74) is 0. The van der Waals surface area contributed by atoms with Crippen molar-refractivity contribution in [1.82, 2.24) is 15.0 Å². The summed E-state index contributed by atoms with van der Waals surface area (Å²) >= 11 is 0. The summed E-state index contributed by atoms with van der Waals surface area (Å²) < 4.78 is 4.87. The molecule has 0 bridgehead atoms. The molecule has 1 N–H and O–H groups in total. The van der Waals surface area contributed by atoms with Crippen molar-refractivity contribution in [2.24, 2.45) is 5.92 Å². The van der Waals surface area contributed by atoms with E-state index in [9.17, 15) is 0 Å². The highest BCUT2D eigenvalue weighted by molar-refractivity contribution is 4.90. The Morgan fingerprint density at radius 1 is 1.56 bits per heavy atom. The van der Waals surface area contributed by atoms with Gasteiger partial charge in [-0.1, -0.05) is 5.16 Å². The molecule has 1 fully saturated rings. The molecule has 1 aliphatic rings. The second kappa shape index (κ2) is 4.93. The predicted octanol–water partition coefficient (Wildman–Crippen LogP) is 0.835. The Bertz CT molecular complexity index is 338. The first-order chi connectivity index (χ1) is 7.69. The Balaban J connectivity index is 1.87. The van der Waals surface area contributed by atoms with Gasteiger partial charge in [0.2, 0.25) is 0 Å². The van der Waals surface area contributed by atoms with Crippen molar-refractivity contribution in [2.45, 2.75) is 39.3 Å². The van der Waals surface area contributed by atoms with Crippen molar-refractivity contribution < 1.29 is 9.63 Å². The number of aromatic nitrogens is 2. The molecule has 0 radical (unpaired) electrons. The lowest BCUT2D eigenvalue weighted by Gasteiger charge is -2.19. The molecule has 0 spiro atoms. The van der Waals surface area contributed by atoms with E-state index in [1.807, 2.05) is 0 Å². The van der Waals surface area contributed by atoms with Crippen molar-refractivity contribution in [3.63, 3.8) is 0 Å². The predicted molar refractivity (Wildman–Crippen MR) is 58.7 cm³/mol. The first-order valence-electron chi connectivity index (χ1n) is 5.85. The molecule has 1 unspecified atom stereocenters. The van der Waals surface area contributed by atoms with E-state index in [2.05, 4.69) is 28.9 Å². The minimum Gasteiger partial charge on any atom is -0.387 e. The zero-order chi connectivity index (χ0) is 11.5. The summed E-state index contributed by atoms with van der Waals surface area (Å²) in [7, 11) is 0. The Hall–Kier alpha value is -0.940. The van der Waals surface area contributed by atoms with E-state index in [1.165, 1.54) is 6.42 Å². The SMILES string of the molecule is CC(C)N1CCC(Cc2noc(CO)n2)C1. The monoisotopic (exact) mass is 225 g/mol. The van der Waals surface area contributed by atoms with Crippen molar-refractivity contribution >= 4 is 0 Å². The molecule has 1 aromatic heterocycles. The topological polar surface area (TPSA) is 62.4 Å². The molecule has 0 aromatic carbocycles. The molecule has 0 saturated carbocycles. The lowest BCUT2D eigenvalue weighted by molar-refractivity contribution is 0.222. The van der Waals surface area contributed by atoms with Crippen LogP contribution in [-0.4, -0.2) is 39.3 Å². The van der Waals surface area contributed by atoms with E-state index in [1.54, 1.807) is 0 Å². The molecular formula is C11H19N3O2. The molecular weight excluding hydrogens is 206 g/mol. The van der Waals surface area contributed by atoms with Crippen molar-refractivity contribution in [2.75, 3.05) is 13.1 Å². The summed E-state index contributed by atoms with van der Waals surface area (Å²) in [6, 6.07) is 0.614. The minimum absolute atomic E-state index is 0.171. The van der Waals surface area contributed by atoms with E-state index in [-0.39, 0.29) is 6.61 Å². The van der Waals surface area contributed by atoms with Crippen LogP contribution in [0.3, 0.4) is 0 Å². The number of hydrogen-bond acceptors (Lipinski definition) is 5. The summed E-state index contributed by atoms with van der Waals surface area (Å²) in [4.78, 5) is 6.59. The summed E-state index contributed by atoms with van der Waals surface area (Å²) in [5.74, 6) is 1.65. The molecule has 1 aliphatic heterocycles. The van der Waals surface area contributed by atoms with E-state index >= 15 is 0 Å². The van der Waals surface area contributed by atoms with Gasteiger partial charge in [0.05, 0.1) is 0 Å². The molecule has 0 amide bonds. The smallest absolute Gasteiger partial charge is 0.252 e. The number of rotatable bonds is 4. The standard InChI is InChI=1S/C11H19N3O2/c1-8(2)14-4-3-9(6-14)5-10-12-11(7-15)16-13-10/h8-9,15H,3-7H2,1-2H3. The molecule has 5 heteroatoms. The minimum atomic E-state index is -0.171. The molecule has 16 heavy (non-hydrogen) atoms. The maximum atomic E-state index is 8.82. The summed E-state index contributed by atoms with van der Waals surface area (Å²) in [6.45, 7) is 6.55. The average molecular weight is 225 g/mol. The zero-order valence-electron chi connectivity index (χ0n) is 9.89. The van der Waals surface area contributed by atoms with Crippen LogP contribution in [0, 0.1) is 5.92 Å². The number of aliphatic hydroxyl groups is 1. The molecule has 2 heterocycles. The number of nitrogens with zero attached hydrogens (tertiary/aromatic N) is 3. The number of likely N-dealkylation sites (tertiary alicyclic amines) is 1. The van der Waals surface area contributed by atoms with E-state index in [4.69, 9.17) is 9.63 Å². The fraction of sp³-hybridized carbons (Fsp3) is 0.818. The van der Waals surface area contributed by atoms with Crippen LogP contribution in [0.15, 0.2) is 4.52 Å². The Kier molecular flexibility index (Phi) is 3.56. The van der Waals surface area contributed by atoms with Gasteiger partial charge in [0, 0.05) is 19.0 Å². The Labute approximate surface area is 95.4 Å². The van der Waals surface area contributed by atoms with Crippen LogP contribution in [0.25, 0.3) is 0 Å². The fourth-order valence-electron chi connectivity index (χ4n) is 2.19. The average Bonchev–Trinajstić information content (AvgIpc) is 2.87. The van der Waals surface area contributed by atoms with Crippen molar-refractivity contribution in [3.05, 3.63) is 11.7 Å². The molecule has 1 atom stereocenters. The van der Waals surface area contributed by atoms with Crippen LogP contribution in [-0.2, 0) is 13.0 Å². The van der Waals surface area contributed by atoms with Gasteiger partial charge in [-0.25, -0.2) is 0 Å². The maximum absolute atomic E-state index is 8.82. The Morgan fingerprint density at radius 3 is 2.94 bits per heavy atom. The van der Waals surface area contributed by atoms with Gasteiger partial charge in [0.1, 0.15) is 6.61 Å². The third-order valence-corrected chi connectivity index (χ3v) is 3.16. The third kappa shape index (κ3) is 2.59. The fourth-order valence-corrected chi connectivity index (χ4v) is 2.19. The molecule has 1 aromatic rings. The third-order valence-electron chi connectivity index (χ3n) is 3.16. The lowest BCUT2D eigenvalue weighted by Crippen LogP contribution is -2.28. The van der Waals surface area contributed by atoms with Gasteiger partial charge in [0.25, 0.3) is 5.89 Å². The first-order valence-corrected chi connectivity index (χ1v) is 5.85. The molecule has 5 nitrogen and oxygen atoms in total. The van der Waals surface area contributed by atoms with Gasteiger partial charge in [-0.05, 0) is 32.7 Å². The van der Waals surface area contributed by atoms with Crippen LogP contribution in [0.4, 0.5) is 0 Å². The largest absolute Gasteiger partial charge is 0.387 e. The van der Waals surface area contributed by atoms with Gasteiger partial charge in [-0.15, -0.1) is 0 Å². The van der Waals surface area contributed by atoms with Crippen LogP contribution in [0.2, 0.25) is 0 Å². The van der Waals surface area contributed by atoms with Crippen LogP contribution >= 0.6 is 0 Å². The van der Waals surface area contributed by atoms with Crippen molar-refractivity contribution in [1.29, 1.82) is 0 Å².